The SMILES string of the molecule is CCN(CC)C(=O)n1cc(Cl)c(Sc2cc(C)ccc2F)n1. The van der Waals surface area contributed by atoms with Gasteiger partial charge in [0.2, 0.25) is 0 Å². The van der Waals surface area contributed by atoms with Crippen LogP contribution in [0.3, 0.4) is 0 Å². The highest BCUT2D eigenvalue weighted by atomic mass is 35.5. The summed E-state index contributed by atoms with van der Waals surface area (Å²) in [5.41, 5.74) is 0.943. The summed E-state index contributed by atoms with van der Waals surface area (Å²) in [7, 11) is 0. The first-order valence-electron chi connectivity index (χ1n) is 6.94. The minimum absolute atomic E-state index is 0.247. The zero-order valence-electron chi connectivity index (χ0n) is 12.6. The van der Waals surface area contributed by atoms with Gasteiger partial charge in [0.25, 0.3) is 0 Å². The minimum atomic E-state index is -0.337. The van der Waals surface area contributed by atoms with E-state index in [0.29, 0.717) is 28.0 Å². The zero-order chi connectivity index (χ0) is 16.3. The fourth-order valence-electron chi connectivity index (χ4n) is 1.94. The van der Waals surface area contributed by atoms with Crippen LogP contribution in [-0.2, 0) is 0 Å². The molecule has 0 saturated heterocycles. The van der Waals surface area contributed by atoms with Crippen molar-refractivity contribution in [1.82, 2.24) is 14.7 Å². The summed E-state index contributed by atoms with van der Waals surface area (Å²) in [5, 5.41) is 4.92. The molecule has 7 heteroatoms. The van der Waals surface area contributed by atoms with Crippen LogP contribution in [0.25, 0.3) is 0 Å². The van der Waals surface area contributed by atoms with E-state index in [4.69, 9.17) is 11.6 Å². The van der Waals surface area contributed by atoms with Gasteiger partial charge in [0.1, 0.15) is 10.8 Å². The molecule has 2 aromatic rings. The van der Waals surface area contributed by atoms with Crippen LogP contribution >= 0.6 is 23.4 Å². The van der Waals surface area contributed by atoms with Gasteiger partial charge in [-0.1, -0.05) is 29.4 Å². The number of amides is 1. The summed E-state index contributed by atoms with van der Waals surface area (Å²) in [6, 6.07) is 4.58. The Labute approximate surface area is 138 Å². The van der Waals surface area contributed by atoms with Gasteiger partial charge in [0.15, 0.2) is 0 Å². The smallest absolute Gasteiger partial charge is 0.323 e. The van der Waals surface area contributed by atoms with Gasteiger partial charge in [0.05, 0.1) is 11.2 Å². The molecule has 0 N–H and O–H groups in total. The van der Waals surface area contributed by atoms with Crippen molar-refractivity contribution in [3.8, 4) is 0 Å². The van der Waals surface area contributed by atoms with Gasteiger partial charge >= 0.3 is 6.03 Å². The highest BCUT2D eigenvalue weighted by molar-refractivity contribution is 7.99. The lowest BCUT2D eigenvalue weighted by Gasteiger charge is -2.17. The molecule has 2 rings (SSSR count). The number of benzene rings is 1. The Bertz CT molecular complexity index is 685. The average Bonchev–Trinajstić information content (AvgIpc) is 2.85. The second kappa shape index (κ2) is 7.15. The largest absolute Gasteiger partial charge is 0.344 e. The van der Waals surface area contributed by atoms with Crippen molar-refractivity contribution < 1.29 is 9.18 Å². The fraction of sp³-hybridized carbons (Fsp3) is 0.333. The van der Waals surface area contributed by atoms with E-state index in [0.717, 1.165) is 17.3 Å². The van der Waals surface area contributed by atoms with E-state index in [1.165, 1.54) is 16.9 Å². The van der Waals surface area contributed by atoms with Crippen molar-refractivity contribution in [3.63, 3.8) is 0 Å². The van der Waals surface area contributed by atoms with E-state index >= 15 is 0 Å². The predicted molar refractivity (Wildman–Crippen MR) is 86.2 cm³/mol. The summed E-state index contributed by atoms with van der Waals surface area (Å²) in [6.45, 7) is 6.84. The van der Waals surface area contributed by atoms with Gasteiger partial charge in [-0.05, 0) is 38.5 Å². The third-order valence-corrected chi connectivity index (χ3v) is 4.58. The van der Waals surface area contributed by atoms with Crippen molar-refractivity contribution in [3.05, 3.63) is 40.8 Å². The maximum absolute atomic E-state index is 13.8. The molecule has 118 valence electrons. The van der Waals surface area contributed by atoms with Gasteiger partial charge in [-0.25, -0.2) is 9.18 Å². The van der Waals surface area contributed by atoms with E-state index < -0.39 is 0 Å². The first kappa shape index (κ1) is 16.8. The molecule has 1 heterocycles. The molecule has 0 aliphatic heterocycles. The number of carbonyl (C=O) groups is 1. The number of carbonyl (C=O) groups excluding carboxylic acids is 1. The number of aryl methyl sites for hydroxylation is 1. The number of hydrogen-bond acceptors (Lipinski definition) is 3. The first-order chi connectivity index (χ1) is 10.5. The Kier molecular flexibility index (Phi) is 5.47. The lowest BCUT2D eigenvalue weighted by atomic mass is 10.2. The molecule has 0 unspecified atom stereocenters. The number of hydrogen-bond donors (Lipinski definition) is 0. The monoisotopic (exact) mass is 341 g/mol. The summed E-state index contributed by atoms with van der Waals surface area (Å²) < 4.78 is 15.0. The lowest BCUT2D eigenvalue weighted by Crippen LogP contribution is -2.34. The van der Waals surface area contributed by atoms with E-state index in [-0.39, 0.29) is 11.8 Å². The lowest BCUT2D eigenvalue weighted by molar-refractivity contribution is 0.201. The Morgan fingerprint density at radius 3 is 2.73 bits per heavy atom. The molecule has 0 fully saturated rings. The highest BCUT2D eigenvalue weighted by Gasteiger charge is 2.18. The topological polar surface area (TPSA) is 38.1 Å². The molecule has 0 saturated carbocycles. The van der Waals surface area contributed by atoms with Crippen molar-refractivity contribution in [2.24, 2.45) is 0 Å². The van der Waals surface area contributed by atoms with Crippen LogP contribution in [0.15, 0.2) is 34.3 Å². The van der Waals surface area contributed by atoms with Crippen LogP contribution in [0.2, 0.25) is 5.02 Å². The molecule has 1 amide bonds. The summed E-state index contributed by atoms with van der Waals surface area (Å²) in [5.74, 6) is -0.337. The molecule has 0 radical (unpaired) electrons. The standard InChI is InChI=1S/C15H17ClFN3OS/c1-4-19(5-2)15(21)20-9-11(16)14(18-20)22-13-8-10(3)6-7-12(13)17/h6-9H,4-5H2,1-3H3. The minimum Gasteiger partial charge on any atom is -0.323 e. The van der Waals surface area contributed by atoms with Gasteiger partial charge in [-0.2, -0.15) is 9.78 Å². The van der Waals surface area contributed by atoms with Gasteiger partial charge in [0, 0.05) is 18.0 Å². The third kappa shape index (κ3) is 3.62. The van der Waals surface area contributed by atoms with Crippen LogP contribution in [-0.4, -0.2) is 33.8 Å². The Morgan fingerprint density at radius 2 is 2.09 bits per heavy atom. The summed E-state index contributed by atoms with van der Waals surface area (Å²) in [6.07, 6.45) is 1.46. The normalized spacial score (nSPS) is 10.8. The van der Waals surface area contributed by atoms with Crippen LogP contribution in [0.5, 0.6) is 0 Å². The summed E-state index contributed by atoms with van der Waals surface area (Å²) in [4.78, 5) is 14.3. The van der Waals surface area contributed by atoms with Crippen LogP contribution in [0.4, 0.5) is 9.18 Å². The van der Waals surface area contributed by atoms with Gasteiger partial charge in [-0.3, -0.25) is 0 Å². The fourth-order valence-corrected chi connectivity index (χ4v) is 3.08. The molecule has 0 bridgehead atoms. The quantitative estimate of drug-likeness (QED) is 0.824. The van der Waals surface area contributed by atoms with Crippen LogP contribution in [0.1, 0.15) is 19.4 Å². The second-order valence-corrected chi connectivity index (χ2v) is 6.16. The number of aromatic nitrogens is 2. The average molecular weight is 342 g/mol. The maximum atomic E-state index is 13.8. The van der Waals surface area contributed by atoms with Crippen LogP contribution in [0, 0.1) is 12.7 Å². The highest BCUT2D eigenvalue weighted by Crippen LogP contribution is 2.34. The van der Waals surface area contributed by atoms with E-state index in [1.54, 1.807) is 17.0 Å². The second-order valence-electron chi connectivity index (χ2n) is 4.72. The Balaban J connectivity index is 2.27. The van der Waals surface area contributed by atoms with Crippen molar-refractivity contribution in [1.29, 1.82) is 0 Å². The third-order valence-electron chi connectivity index (χ3n) is 3.16. The molecule has 0 aliphatic carbocycles. The molecule has 4 nitrogen and oxygen atoms in total. The predicted octanol–water partition coefficient (Wildman–Crippen LogP) is 4.45. The Morgan fingerprint density at radius 1 is 1.41 bits per heavy atom. The molecule has 22 heavy (non-hydrogen) atoms. The van der Waals surface area contributed by atoms with Crippen molar-refractivity contribution >= 4 is 29.4 Å². The van der Waals surface area contributed by atoms with Crippen LogP contribution < -0.4 is 0 Å². The number of rotatable bonds is 4. The van der Waals surface area contributed by atoms with E-state index in [1.807, 2.05) is 20.8 Å². The number of halogens is 2. The van der Waals surface area contributed by atoms with Gasteiger partial charge < -0.3 is 4.90 Å². The molecular formula is C15H17ClFN3OS. The molecule has 0 aliphatic rings. The van der Waals surface area contributed by atoms with E-state index in [2.05, 4.69) is 5.10 Å². The molecule has 1 aromatic heterocycles. The molecule has 0 spiro atoms. The maximum Gasteiger partial charge on any atom is 0.344 e. The number of nitrogens with zero attached hydrogens (tertiary/aromatic N) is 3. The molecule has 0 atom stereocenters. The summed E-state index contributed by atoms with van der Waals surface area (Å²) >= 11 is 7.24. The zero-order valence-corrected chi connectivity index (χ0v) is 14.2. The van der Waals surface area contributed by atoms with Gasteiger partial charge in [-0.15, -0.1) is 0 Å². The van der Waals surface area contributed by atoms with Crippen molar-refractivity contribution in [2.45, 2.75) is 30.7 Å². The van der Waals surface area contributed by atoms with E-state index in [9.17, 15) is 9.18 Å². The molecule has 1 aromatic carbocycles. The van der Waals surface area contributed by atoms with Crippen molar-refractivity contribution in [2.75, 3.05) is 13.1 Å². The first-order valence-corrected chi connectivity index (χ1v) is 8.14. The molecular weight excluding hydrogens is 325 g/mol. The Hall–Kier alpha value is -1.53.